The first-order valence-corrected chi connectivity index (χ1v) is 6.87. The quantitative estimate of drug-likeness (QED) is 0.759. The van der Waals surface area contributed by atoms with Crippen molar-refractivity contribution in [3.05, 3.63) is 56.7 Å². The van der Waals surface area contributed by atoms with E-state index < -0.39 is 5.82 Å². The first-order chi connectivity index (χ1) is 8.95. The highest BCUT2D eigenvalue weighted by Crippen LogP contribution is 2.23. The highest BCUT2D eigenvalue weighted by molar-refractivity contribution is 9.11. The van der Waals surface area contributed by atoms with Gasteiger partial charge in [-0.3, -0.25) is 4.79 Å². The molecule has 0 aromatic heterocycles. The molecule has 0 saturated carbocycles. The molecule has 2 aromatic carbocycles. The fraction of sp³-hybridized carbons (Fsp3) is 0. The number of anilines is 2. The van der Waals surface area contributed by atoms with Crippen LogP contribution in [-0.4, -0.2) is 5.91 Å². The van der Waals surface area contributed by atoms with Gasteiger partial charge in [0.25, 0.3) is 5.91 Å². The van der Waals surface area contributed by atoms with Gasteiger partial charge in [0, 0.05) is 20.3 Å². The zero-order valence-corrected chi connectivity index (χ0v) is 12.8. The van der Waals surface area contributed by atoms with Crippen molar-refractivity contribution in [2.24, 2.45) is 0 Å². The summed E-state index contributed by atoms with van der Waals surface area (Å²) < 4.78 is 14.6. The van der Waals surface area contributed by atoms with Gasteiger partial charge in [0.15, 0.2) is 0 Å². The third-order valence-electron chi connectivity index (χ3n) is 2.35. The summed E-state index contributed by atoms with van der Waals surface area (Å²) in [5.41, 5.74) is 6.53. The molecule has 0 spiro atoms. The summed E-state index contributed by atoms with van der Waals surface area (Å²) in [7, 11) is 0. The van der Waals surface area contributed by atoms with E-state index in [4.69, 9.17) is 5.73 Å². The smallest absolute Gasteiger partial charge is 0.256 e. The molecule has 2 rings (SSSR count). The molecule has 2 aromatic rings. The molecule has 0 saturated heterocycles. The van der Waals surface area contributed by atoms with Gasteiger partial charge in [0.2, 0.25) is 0 Å². The Morgan fingerprint density at radius 2 is 1.89 bits per heavy atom. The van der Waals surface area contributed by atoms with Crippen molar-refractivity contribution in [1.82, 2.24) is 0 Å². The minimum atomic E-state index is -0.497. The minimum absolute atomic E-state index is 0.253. The second kappa shape index (κ2) is 5.71. The second-order valence-electron chi connectivity index (χ2n) is 3.85. The largest absolute Gasteiger partial charge is 0.399 e. The Labute approximate surface area is 126 Å². The summed E-state index contributed by atoms with van der Waals surface area (Å²) in [6.45, 7) is 0. The van der Waals surface area contributed by atoms with Crippen LogP contribution in [0.15, 0.2) is 45.3 Å². The van der Waals surface area contributed by atoms with Crippen LogP contribution >= 0.6 is 31.9 Å². The molecule has 19 heavy (non-hydrogen) atoms. The number of nitrogen functional groups attached to an aromatic ring is 1. The van der Waals surface area contributed by atoms with E-state index in [-0.39, 0.29) is 11.6 Å². The molecule has 0 fully saturated rings. The van der Waals surface area contributed by atoms with E-state index in [0.717, 1.165) is 4.47 Å². The van der Waals surface area contributed by atoms with Crippen molar-refractivity contribution in [2.75, 3.05) is 11.1 Å². The Bertz CT molecular complexity index is 626. The summed E-state index contributed by atoms with van der Waals surface area (Å²) in [4.78, 5) is 12.1. The molecule has 0 heterocycles. The summed E-state index contributed by atoms with van der Waals surface area (Å²) >= 11 is 6.59. The van der Waals surface area contributed by atoms with E-state index in [2.05, 4.69) is 37.2 Å². The topological polar surface area (TPSA) is 55.1 Å². The van der Waals surface area contributed by atoms with Crippen LogP contribution in [0.5, 0.6) is 0 Å². The summed E-state index contributed by atoms with van der Waals surface area (Å²) in [5, 5.41) is 2.60. The average molecular weight is 388 g/mol. The molecule has 0 bridgehead atoms. The molecule has 6 heteroatoms. The van der Waals surface area contributed by atoms with Crippen LogP contribution in [0.1, 0.15) is 10.4 Å². The number of rotatable bonds is 2. The van der Waals surface area contributed by atoms with Gasteiger partial charge in [-0.1, -0.05) is 15.9 Å². The van der Waals surface area contributed by atoms with Gasteiger partial charge >= 0.3 is 0 Å². The van der Waals surface area contributed by atoms with Gasteiger partial charge < -0.3 is 11.1 Å². The average Bonchev–Trinajstić information content (AvgIpc) is 2.30. The highest BCUT2D eigenvalue weighted by atomic mass is 79.9. The number of halogens is 3. The third kappa shape index (κ3) is 3.54. The van der Waals surface area contributed by atoms with Crippen molar-refractivity contribution in [3.63, 3.8) is 0 Å². The molecule has 3 N–H and O–H groups in total. The van der Waals surface area contributed by atoms with Gasteiger partial charge in [0.05, 0.1) is 5.56 Å². The predicted octanol–water partition coefficient (Wildman–Crippen LogP) is 4.19. The van der Waals surface area contributed by atoms with Crippen molar-refractivity contribution >= 4 is 49.1 Å². The third-order valence-corrected chi connectivity index (χ3v) is 3.54. The van der Waals surface area contributed by atoms with E-state index in [1.165, 1.54) is 18.2 Å². The molecule has 0 aliphatic carbocycles. The lowest BCUT2D eigenvalue weighted by molar-refractivity contribution is 0.102. The Hall–Kier alpha value is -1.40. The van der Waals surface area contributed by atoms with E-state index >= 15 is 0 Å². The number of hydrogen-bond acceptors (Lipinski definition) is 2. The number of amides is 1. The van der Waals surface area contributed by atoms with Gasteiger partial charge in [-0.25, -0.2) is 4.39 Å². The molecular weight excluding hydrogens is 379 g/mol. The maximum absolute atomic E-state index is 13.2. The van der Waals surface area contributed by atoms with Crippen molar-refractivity contribution in [1.29, 1.82) is 0 Å². The fourth-order valence-corrected chi connectivity index (χ4v) is 2.34. The summed E-state index contributed by atoms with van der Waals surface area (Å²) in [5.74, 6) is -0.846. The van der Waals surface area contributed by atoms with Crippen molar-refractivity contribution < 1.29 is 9.18 Å². The lowest BCUT2D eigenvalue weighted by Crippen LogP contribution is -2.13. The zero-order valence-electron chi connectivity index (χ0n) is 9.58. The molecule has 0 atom stereocenters. The number of carbonyl (C=O) groups is 1. The fourth-order valence-electron chi connectivity index (χ4n) is 1.55. The zero-order chi connectivity index (χ0) is 14.0. The first kappa shape index (κ1) is 14.0. The summed E-state index contributed by atoms with van der Waals surface area (Å²) in [6.07, 6.45) is 0. The normalized spacial score (nSPS) is 10.3. The monoisotopic (exact) mass is 386 g/mol. The lowest BCUT2D eigenvalue weighted by atomic mass is 10.2. The SMILES string of the molecule is Nc1cc(F)cc(NC(=O)c2cc(Br)ccc2Br)c1. The maximum atomic E-state index is 13.2. The van der Waals surface area contributed by atoms with Crippen LogP contribution in [0.4, 0.5) is 15.8 Å². The predicted molar refractivity (Wildman–Crippen MR) is 80.6 cm³/mol. The van der Waals surface area contributed by atoms with E-state index in [1.807, 2.05) is 0 Å². The van der Waals surface area contributed by atoms with Crippen molar-refractivity contribution in [3.8, 4) is 0 Å². The van der Waals surface area contributed by atoms with Crippen LogP contribution in [0, 0.1) is 5.82 Å². The molecule has 0 unspecified atom stereocenters. The van der Waals surface area contributed by atoms with Crippen LogP contribution in [0.3, 0.4) is 0 Å². The van der Waals surface area contributed by atoms with Gasteiger partial charge in [0.1, 0.15) is 5.82 Å². The van der Waals surface area contributed by atoms with E-state index in [1.54, 1.807) is 18.2 Å². The van der Waals surface area contributed by atoms with Crippen molar-refractivity contribution in [2.45, 2.75) is 0 Å². The molecule has 98 valence electrons. The Balaban J connectivity index is 2.28. The standard InChI is InChI=1S/C13H9Br2FN2O/c14-7-1-2-12(15)11(3-7)13(19)18-10-5-8(16)4-9(17)6-10/h1-6H,17H2,(H,18,19). The van der Waals surface area contributed by atoms with Crippen LogP contribution < -0.4 is 11.1 Å². The molecule has 0 aliphatic heterocycles. The molecule has 1 amide bonds. The molecule has 3 nitrogen and oxygen atoms in total. The van der Waals surface area contributed by atoms with Crippen LogP contribution in [-0.2, 0) is 0 Å². The van der Waals surface area contributed by atoms with E-state index in [0.29, 0.717) is 15.7 Å². The lowest BCUT2D eigenvalue weighted by Gasteiger charge is -2.08. The Morgan fingerprint density at radius 1 is 1.16 bits per heavy atom. The maximum Gasteiger partial charge on any atom is 0.256 e. The molecular formula is C13H9Br2FN2O. The summed E-state index contributed by atoms with van der Waals surface area (Å²) in [6, 6.07) is 9.11. The number of hydrogen-bond donors (Lipinski definition) is 2. The minimum Gasteiger partial charge on any atom is -0.399 e. The van der Waals surface area contributed by atoms with Gasteiger partial charge in [-0.15, -0.1) is 0 Å². The number of nitrogens with two attached hydrogens (primary N) is 1. The van der Waals surface area contributed by atoms with Crippen LogP contribution in [0.2, 0.25) is 0 Å². The molecule has 0 radical (unpaired) electrons. The second-order valence-corrected chi connectivity index (χ2v) is 5.62. The number of benzene rings is 2. The van der Waals surface area contributed by atoms with Gasteiger partial charge in [-0.05, 0) is 52.3 Å². The van der Waals surface area contributed by atoms with E-state index in [9.17, 15) is 9.18 Å². The Kier molecular flexibility index (Phi) is 4.21. The van der Waals surface area contributed by atoms with Gasteiger partial charge in [-0.2, -0.15) is 0 Å². The van der Waals surface area contributed by atoms with Crippen LogP contribution in [0.25, 0.3) is 0 Å². The first-order valence-electron chi connectivity index (χ1n) is 5.28. The highest BCUT2D eigenvalue weighted by Gasteiger charge is 2.11. The number of carbonyl (C=O) groups excluding carboxylic acids is 1. The number of nitrogens with one attached hydrogen (secondary N) is 1. The Morgan fingerprint density at radius 3 is 2.58 bits per heavy atom. The molecule has 0 aliphatic rings.